The van der Waals surface area contributed by atoms with Gasteiger partial charge in [0.25, 0.3) is 10.1 Å². The number of hydrogen-bond donors (Lipinski definition) is 1. The Balaban J connectivity index is 0. The van der Waals surface area contributed by atoms with Gasteiger partial charge in [0.15, 0.2) is 0 Å². The standard InChI is InChI=1S/C4H6O.C2H6O3S/c1-3-5-4-2;1-2-6(3,4)5/h3-4H,1-2H2;2H2,1H3,(H,3,4,5). The van der Waals surface area contributed by atoms with Crippen LogP contribution in [0.4, 0.5) is 0 Å². The second-order valence-electron chi connectivity index (χ2n) is 1.34. The first-order valence-electron chi connectivity index (χ1n) is 2.80. The summed E-state index contributed by atoms with van der Waals surface area (Å²) in [5, 5.41) is 0. The molecule has 4 nitrogen and oxygen atoms in total. The molecule has 0 spiro atoms. The van der Waals surface area contributed by atoms with E-state index >= 15 is 0 Å². The predicted molar refractivity (Wildman–Crippen MR) is 43.6 cm³/mol. The molecule has 0 heterocycles. The van der Waals surface area contributed by atoms with Crippen LogP contribution in [0, 0.1) is 0 Å². The molecule has 0 aromatic heterocycles. The smallest absolute Gasteiger partial charge is 0.264 e. The van der Waals surface area contributed by atoms with Crippen LogP contribution in [0.2, 0.25) is 0 Å². The van der Waals surface area contributed by atoms with Gasteiger partial charge in [-0.25, -0.2) is 0 Å². The number of hydrogen-bond acceptors (Lipinski definition) is 3. The zero-order valence-electron chi connectivity index (χ0n) is 6.36. The average Bonchev–Trinajstić information content (AvgIpc) is 1.90. The molecule has 0 saturated heterocycles. The highest BCUT2D eigenvalue weighted by atomic mass is 32.2. The lowest BCUT2D eigenvalue weighted by Crippen LogP contribution is -1.97. The third-order valence-electron chi connectivity index (χ3n) is 0.557. The fourth-order valence-corrected chi connectivity index (χ4v) is 0.0680. The summed E-state index contributed by atoms with van der Waals surface area (Å²) < 4.78 is 31.3. The Hall–Kier alpha value is -0.810. The van der Waals surface area contributed by atoms with E-state index in [9.17, 15) is 8.42 Å². The fraction of sp³-hybridized carbons (Fsp3) is 0.333. The van der Waals surface area contributed by atoms with E-state index in [1.54, 1.807) is 0 Å². The van der Waals surface area contributed by atoms with Crippen LogP contribution in [0.3, 0.4) is 0 Å². The average molecular weight is 180 g/mol. The molecular formula is C6H12O4S. The zero-order chi connectivity index (χ0) is 9.33. The third kappa shape index (κ3) is 27.1. The number of ether oxygens (including phenoxy) is 1. The summed E-state index contributed by atoms with van der Waals surface area (Å²) >= 11 is 0. The molecule has 0 aliphatic heterocycles. The SMILES string of the molecule is C=COC=C.CCS(=O)(=O)O. The molecule has 0 amide bonds. The molecule has 0 aliphatic rings. The van der Waals surface area contributed by atoms with Crippen molar-refractivity contribution in [1.29, 1.82) is 0 Å². The first-order valence-corrected chi connectivity index (χ1v) is 4.41. The number of rotatable bonds is 3. The lowest BCUT2D eigenvalue weighted by molar-refractivity contribution is 0.406. The van der Waals surface area contributed by atoms with E-state index in [1.165, 1.54) is 19.4 Å². The van der Waals surface area contributed by atoms with Crippen LogP contribution in [0.1, 0.15) is 6.92 Å². The van der Waals surface area contributed by atoms with Crippen LogP contribution < -0.4 is 0 Å². The van der Waals surface area contributed by atoms with Crippen LogP contribution in [0.15, 0.2) is 25.7 Å². The van der Waals surface area contributed by atoms with Crippen molar-refractivity contribution in [2.24, 2.45) is 0 Å². The van der Waals surface area contributed by atoms with Crippen LogP contribution in [-0.4, -0.2) is 18.7 Å². The van der Waals surface area contributed by atoms with Crippen LogP contribution >= 0.6 is 0 Å². The quantitative estimate of drug-likeness (QED) is 0.523. The highest BCUT2D eigenvalue weighted by molar-refractivity contribution is 7.85. The van der Waals surface area contributed by atoms with Crippen LogP contribution in [-0.2, 0) is 14.9 Å². The highest BCUT2D eigenvalue weighted by Gasteiger charge is 1.93. The molecule has 0 aliphatic carbocycles. The molecule has 66 valence electrons. The normalized spacial score (nSPS) is 8.91. The minimum absolute atomic E-state index is 0.201. The topological polar surface area (TPSA) is 63.6 Å². The second-order valence-corrected chi connectivity index (χ2v) is 3.08. The van der Waals surface area contributed by atoms with Gasteiger partial charge in [-0.05, 0) is 6.92 Å². The molecular weight excluding hydrogens is 168 g/mol. The van der Waals surface area contributed by atoms with Gasteiger partial charge >= 0.3 is 0 Å². The summed E-state index contributed by atoms with van der Waals surface area (Å²) in [7, 11) is -3.66. The first-order chi connectivity index (χ1) is 4.97. The largest absolute Gasteiger partial charge is 0.474 e. The van der Waals surface area contributed by atoms with Gasteiger partial charge in [0.2, 0.25) is 0 Å². The first kappa shape index (κ1) is 12.8. The summed E-state index contributed by atoms with van der Waals surface area (Å²) in [6.45, 7) is 7.88. The van der Waals surface area contributed by atoms with Gasteiger partial charge in [0.1, 0.15) is 0 Å². The molecule has 5 heteroatoms. The van der Waals surface area contributed by atoms with E-state index < -0.39 is 10.1 Å². The monoisotopic (exact) mass is 180 g/mol. The Morgan fingerprint density at radius 3 is 1.73 bits per heavy atom. The summed E-state index contributed by atoms with van der Waals surface area (Å²) in [6.07, 6.45) is 2.62. The van der Waals surface area contributed by atoms with Gasteiger partial charge in [-0.2, -0.15) is 8.42 Å². The van der Waals surface area contributed by atoms with Crippen molar-refractivity contribution in [3.8, 4) is 0 Å². The molecule has 0 aromatic carbocycles. The van der Waals surface area contributed by atoms with Crippen molar-refractivity contribution in [1.82, 2.24) is 0 Å². The summed E-state index contributed by atoms with van der Waals surface area (Å²) in [5.41, 5.74) is 0. The maximum atomic E-state index is 9.56. The molecule has 0 atom stereocenters. The Morgan fingerprint density at radius 2 is 1.73 bits per heavy atom. The van der Waals surface area contributed by atoms with E-state index in [4.69, 9.17) is 4.55 Å². The Labute approximate surface area is 66.9 Å². The molecule has 1 N–H and O–H groups in total. The van der Waals surface area contributed by atoms with Crippen LogP contribution in [0.5, 0.6) is 0 Å². The molecule has 0 radical (unpaired) electrons. The lowest BCUT2D eigenvalue weighted by Gasteiger charge is -1.79. The maximum Gasteiger partial charge on any atom is 0.264 e. The summed E-state index contributed by atoms with van der Waals surface area (Å²) in [5.74, 6) is -0.201. The zero-order valence-corrected chi connectivity index (χ0v) is 7.17. The van der Waals surface area contributed by atoms with Crippen molar-refractivity contribution in [3.63, 3.8) is 0 Å². The predicted octanol–water partition coefficient (Wildman–Crippen LogP) is 1.18. The van der Waals surface area contributed by atoms with Crippen molar-refractivity contribution in [2.75, 3.05) is 5.75 Å². The third-order valence-corrected chi connectivity index (χ3v) is 1.29. The molecule has 0 aromatic rings. The van der Waals surface area contributed by atoms with E-state index in [2.05, 4.69) is 17.9 Å². The van der Waals surface area contributed by atoms with E-state index in [1.807, 2.05) is 0 Å². The Kier molecular flexibility index (Phi) is 8.51. The fourth-order valence-electron chi connectivity index (χ4n) is 0.0680. The van der Waals surface area contributed by atoms with Crippen molar-refractivity contribution >= 4 is 10.1 Å². The summed E-state index contributed by atoms with van der Waals surface area (Å²) in [6, 6.07) is 0. The van der Waals surface area contributed by atoms with Crippen molar-refractivity contribution in [2.45, 2.75) is 6.92 Å². The van der Waals surface area contributed by atoms with E-state index in [-0.39, 0.29) is 5.75 Å². The van der Waals surface area contributed by atoms with E-state index in [0.717, 1.165) is 0 Å². The minimum atomic E-state index is -3.66. The van der Waals surface area contributed by atoms with Gasteiger partial charge in [-0.1, -0.05) is 13.2 Å². The van der Waals surface area contributed by atoms with Crippen molar-refractivity contribution < 1.29 is 17.7 Å². The van der Waals surface area contributed by atoms with E-state index in [0.29, 0.717) is 0 Å². The van der Waals surface area contributed by atoms with Gasteiger partial charge in [-0.15, -0.1) is 0 Å². The van der Waals surface area contributed by atoms with Crippen LogP contribution in [0.25, 0.3) is 0 Å². The lowest BCUT2D eigenvalue weighted by atomic mass is 11.0. The molecule has 0 bridgehead atoms. The highest BCUT2D eigenvalue weighted by Crippen LogP contribution is 1.74. The van der Waals surface area contributed by atoms with Gasteiger partial charge in [0.05, 0.1) is 18.3 Å². The molecule has 0 fully saturated rings. The minimum Gasteiger partial charge on any atom is -0.474 e. The Bertz CT molecular complexity index is 187. The van der Waals surface area contributed by atoms with Crippen molar-refractivity contribution in [3.05, 3.63) is 25.7 Å². The molecule has 0 saturated carbocycles. The second kappa shape index (κ2) is 7.30. The molecule has 0 rings (SSSR count). The van der Waals surface area contributed by atoms with Gasteiger partial charge in [0, 0.05) is 0 Å². The molecule has 11 heavy (non-hydrogen) atoms. The Morgan fingerprint density at radius 1 is 1.45 bits per heavy atom. The van der Waals surface area contributed by atoms with Gasteiger partial charge < -0.3 is 4.74 Å². The summed E-state index contributed by atoms with van der Waals surface area (Å²) in [4.78, 5) is 0. The maximum absolute atomic E-state index is 9.56. The van der Waals surface area contributed by atoms with Gasteiger partial charge in [-0.3, -0.25) is 4.55 Å². The molecule has 0 unspecified atom stereocenters.